The first-order chi connectivity index (χ1) is 17.6. The number of aryl methyl sites for hydroxylation is 1. The van der Waals surface area contributed by atoms with Crippen molar-refractivity contribution in [3.05, 3.63) is 84.8 Å². The third-order valence-corrected chi connectivity index (χ3v) is 5.17. The average molecular weight is 579 g/mol. The van der Waals surface area contributed by atoms with Gasteiger partial charge in [-0.05, 0) is 19.1 Å². The van der Waals surface area contributed by atoms with Crippen LogP contribution in [0.4, 0.5) is 57.1 Å². The maximum Gasteiger partial charge on any atom is 0.422 e. The van der Waals surface area contributed by atoms with E-state index < -0.39 is 103 Å². The molecule has 0 aliphatic carbocycles. The Kier molecular flexibility index (Phi) is 6.88. The molecule has 0 amide bonds. The number of nitrogens with one attached hydrogen (secondary N) is 1. The fourth-order valence-corrected chi connectivity index (χ4v) is 3.52. The number of carbonyl (C=O) groups is 1. The van der Waals surface area contributed by atoms with Crippen LogP contribution in [-0.4, -0.2) is 15.6 Å². The molecule has 208 valence electrons. The lowest BCUT2D eigenvalue weighted by Gasteiger charge is -2.16. The number of benzene rings is 2. The predicted molar refractivity (Wildman–Crippen MR) is 101 cm³/mol. The molecular weight excluding hydrogens is 573 g/mol. The number of alkyl halides is 9. The average Bonchev–Trinajstić information content (AvgIpc) is 3.08. The van der Waals surface area contributed by atoms with Crippen LogP contribution in [-0.2, 0) is 18.5 Å². The minimum absolute atomic E-state index is 0.217. The molecule has 0 radical (unpaired) electrons. The van der Waals surface area contributed by atoms with E-state index in [1.54, 1.807) is 5.10 Å². The van der Waals surface area contributed by atoms with Crippen molar-refractivity contribution in [2.45, 2.75) is 25.5 Å². The topological polar surface area (TPSA) is 78.7 Å². The smallest absolute Gasteiger partial charge is 0.294 e. The highest BCUT2D eigenvalue weighted by atomic mass is 19.4. The fourth-order valence-electron chi connectivity index (χ4n) is 3.52. The zero-order valence-corrected chi connectivity index (χ0v) is 18.3. The van der Waals surface area contributed by atoms with Gasteiger partial charge in [0.15, 0.2) is 23.3 Å². The molecule has 0 spiro atoms. The highest BCUT2D eigenvalue weighted by Gasteiger charge is 2.44. The van der Waals surface area contributed by atoms with Crippen LogP contribution in [0.5, 0.6) is 0 Å². The van der Waals surface area contributed by atoms with Crippen molar-refractivity contribution in [3.8, 4) is 11.8 Å². The molecule has 3 rings (SSSR count). The monoisotopic (exact) mass is 579 g/mol. The van der Waals surface area contributed by atoms with Crippen molar-refractivity contribution in [1.29, 1.82) is 5.26 Å². The number of halogens is 13. The lowest BCUT2D eigenvalue weighted by Crippen LogP contribution is -2.25. The molecule has 0 aliphatic heterocycles. The maximum absolute atomic E-state index is 14.4. The molecule has 5 nitrogen and oxygen atoms in total. The molecule has 0 bridgehead atoms. The number of nitriles is 1. The summed E-state index contributed by atoms with van der Waals surface area (Å²) in [5, 5.41) is 10.5. The van der Waals surface area contributed by atoms with E-state index in [9.17, 15) is 66.7 Å². The summed E-state index contributed by atoms with van der Waals surface area (Å²) in [5.74, 6) is -13.5. The predicted octanol–water partition coefficient (Wildman–Crippen LogP) is 6.19. The van der Waals surface area contributed by atoms with Crippen molar-refractivity contribution in [2.24, 2.45) is 0 Å². The van der Waals surface area contributed by atoms with Crippen molar-refractivity contribution >= 4 is 5.78 Å². The zero-order valence-electron chi connectivity index (χ0n) is 18.3. The lowest BCUT2D eigenvalue weighted by atomic mass is 9.93. The van der Waals surface area contributed by atoms with E-state index in [0.29, 0.717) is 6.07 Å². The minimum atomic E-state index is -5.95. The molecule has 0 saturated heterocycles. The number of hydrogen-bond donors (Lipinski definition) is 1. The van der Waals surface area contributed by atoms with E-state index in [4.69, 9.17) is 5.26 Å². The third-order valence-electron chi connectivity index (χ3n) is 5.17. The van der Waals surface area contributed by atoms with Crippen molar-refractivity contribution in [2.75, 3.05) is 0 Å². The molecule has 0 saturated carbocycles. The summed E-state index contributed by atoms with van der Waals surface area (Å²) >= 11 is 0. The van der Waals surface area contributed by atoms with Gasteiger partial charge in [-0.15, -0.1) is 0 Å². The van der Waals surface area contributed by atoms with E-state index >= 15 is 0 Å². The Bertz CT molecular complexity index is 1550. The SMILES string of the molecule is Cc1[nH]n(-c2c(F)c(F)c(C(F)(F)F)c(F)c2F)c(=O)c1C(=O)c1cc(C(F)(F)F)c(C#N)c(C(F)(F)F)c1. The Morgan fingerprint density at radius 2 is 1.26 bits per heavy atom. The quantitative estimate of drug-likeness (QED) is 0.229. The van der Waals surface area contributed by atoms with E-state index in [1.165, 1.54) is 0 Å². The van der Waals surface area contributed by atoms with Crippen LogP contribution in [0.3, 0.4) is 0 Å². The second-order valence-corrected chi connectivity index (χ2v) is 7.61. The van der Waals surface area contributed by atoms with E-state index in [1.807, 2.05) is 0 Å². The molecule has 1 heterocycles. The summed E-state index contributed by atoms with van der Waals surface area (Å²) in [7, 11) is 0. The number of H-pyrrole nitrogens is 1. The highest BCUT2D eigenvalue weighted by molar-refractivity contribution is 6.10. The molecule has 0 atom stereocenters. The molecule has 18 heteroatoms. The summed E-state index contributed by atoms with van der Waals surface area (Å²) in [6, 6.07) is 0.277. The standard InChI is InChI=1S/C21H6F13N3O2/c1-5-10(17(38)6-2-8(19(26,27)28)7(4-35)9(3-6)20(29,30)31)18(39)37(36-5)16-14(24)12(22)11(21(32,33)34)13(23)15(16)25/h2-3,36H,1H3. The van der Waals surface area contributed by atoms with Crippen molar-refractivity contribution < 1.29 is 61.9 Å². The molecule has 1 aromatic heterocycles. The van der Waals surface area contributed by atoms with Gasteiger partial charge in [-0.1, -0.05) is 0 Å². The number of nitrogens with zero attached hydrogens (tertiary/aromatic N) is 2. The number of aromatic nitrogens is 2. The molecule has 0 unspecified atom stereocenters. The fraction of sp³-hybridized carbons (Fsp3) is 0.190. The molecule has 0 aliphatic rings. The van der Waals surface area contributed by atoms with Crippen LogP contribution in [0.15, 0.2) is 16.9 Å². The lowest BCUT2D eigenvalue weighted by molar-refractivity contribution is -0.144. The molecule has 1 N–H and O–H groups in total. The first-order valence-electron chi connectivity index (χ1n) is 9.66. The zero-order chi connectivity index (χ0) is 30.0. The molecule has 0 fully saturated rings. The van der Waals surface area contributed by atoms with E-state index in [-0.39, 0.29) is 12.1 Å². The first-order valence-corrected chi connectivity index (χ1v) is 9.66. The highest BCUT2D eigenvalue weighted by Crippen LogP contribution is 2.41. The Morgan fingerprint density at radius 3 is 1.62 bits per heavy atom. The van der Waals surface area contributed by atoms with Gasteiger partial charge in [0.2, 0.25) is 5.78 Å². The molecular formula is C21H6F13N3O2. The van der Waals surface area contributed by atoms with Gasteiger partial charge in [0.1, 0.15) is 22.9 Å². The van der Waals surface area contributed by atoms with Crippen LogP contribution in [0, 0.1) is 41.5 Å². The second-order valence-electron chi connectivity index (χ2n) is 7.61. The Hall–Kier alpha value is -4.30. The summed E-state index contributed by atoms with van der Waals surface area (Å²) in [6.45, 7) is 0.719. The van der Waals surface area contributed by atoms with Crippen LogP contribution in [0.1, 0.15) is 43.9 Å². The van der Waals surface area contributed by atoms with Crippen LogP contribution in [0.25, 0.3) is 5.69 Å². The molecule has 39 heavy (non-hydrogen) atoms. The second kappa shape index (κ2) is 9.17. The van der Waals surface area contributed by atoms with Gasteiger partial charge in [0.25, 0.3) is 5.56 Å². The maximum atomic E-state index is 14.4. The number of rotatable bonds is 3. The van der Waals surface area contributed by atoms with Gasteiger partial charge >= 0.3 is 18.5 Å². The van der Waals surface area contributed by atoms with Gasteiger partial charge in [-0.2, -0.15) is 44.8 Å². The Balaban J connectivity index is 2.33. The molecule has 2 aromatic carbocycles. The van der Waals surface area contributed by atoms with Crippen LogP contribution < -0.4 is 5.56 Å². The third kappa shape index (κ3) is 4.83. The Morgan fingerprint density at radius 1 is 0.821 bits per heavy atom. The summed E-state index contributed by atoms with van der Waals surface area (Å²) in [5.41, 5.74) is -17.3. The first kappa shape index (κ1) is 29.3. The normalized spacial score (nSPS) is 12.5. The Labute approximate surface area is 205 Å². The molecule has 3 aromatic rings. The number of ketones is 1. The summed E-state index contributed by atoms with van der Waals surface area (Å²) in [4.78, 5) is 25.6. The largest absolute Gasteiger partial charge is 0.422 e. The van der Waals surface area contributed by atoms with Crippen LogP contribution >= 0.6 is 0 Å². The number of hydrogen-bond acceptors (Lipinski definition) is 3. The number of carbonyl (C=O) groups excluding carboxylic acids is 1. The van der Waals surface area contributed by atoms with E-state index in [2.05, 4.69) is 0 Å². The van der Waals surface area contributed by atoms with Gasteiger partial charge in [0.05, 0.1) is 16.7 Å². The minimum Gasteiger partial charge on any atom is -0.294 e. The summed E-state index contributed by atoms with van der Waals surface area (Å²) < 4.78 is 175. The van der Waals surface area contributed by atoms with Gasteiger partial charge in [-0.25, -0.2) is 22.2 Å². The van der Waals surface area contributed by atoms with Gasteiger partial charge in [-0.3, -0.25) is 14.7 Å². The van der Waals surface area contributed by atoms with E-state index in [0.717, 1.165) is 6.92 Å². The van der Waals surface area contributed by atoms with Gasteiger partial charge < -0.3 is 0 Å². The van der Waals surface area contributed by atoms with Crippen molar-refractivity contribution in [1.82, 2.24) is 9.78 Å². The van der Waals surface area contributed by atoms with Gasteiger partial charge in [0, 0.05) is 11.3 Å². The number of aromatic amines is 1. The summed E-state index contributed by atoms with van der Waals surface area (Å²) in [6.07, 6.45) is -17.2. The van der Waals surface area contributed by atoms with Crippen LogP contribution in [0.2, 0.25) is 0 Å². The van der Waals surface area contributed by atoms with Crippen molar-refractivity contribution in [3.63, 3.8) is 0 Å².